The van der Waals surface area contributed by atoms with Gasteiger partial charge >= 0.3 is 0 Å². The van der Waals surface area contributed by atoms with Crippen molar-refractivity contribution >= 4 is 11.8 Å². The Morgan fingerprint density at radius 1 is 1.23 bits per heavy atom. The van der Waals surface area contributed by atoms with E-state index in [-0.39, 0.29) is 17.2 Å². The van der Waals surface area contributed by atoms with Gasteiger partial charge in [-0.15, -0.1) is 0 Å². The second-order valence-corrected chi connectivity index (χ2v) is 6.85. The zero-order chi connectivity index (χ0) is 16.5. The van der Waals surface area contributed by atoms with Crippen LogP contribution in [0.1, 0.15) is 43.6 Å². The standard InChI is InChI=1S/C18H24N2O2/c1-11(2)9-14-15(18(14,3)4)17(22)20-10-12-5-7-13(8-6-12)16(19)21/h5-9,14-15H,10H2,1-4H3,(H2,19,21)(H,20,22)/t14-,15+/m1/s1. The Morgan fingerprint density at radius 2 is 1.82 bits per heavy atom. The van der Waals surface area contributed by atoms with E-state index in [4.69, 9.17) is 5.73 Å². The summed E-state index contributed by atoms with van der Waals surface area (Å²) in [6.45, 7) is 8.84. The highest BCUT2D eigenvalue weighted by Gasteiger charge is 2.60. The molecule has 3 N–H and O–H groups in total. The Hall–Kier alpha value is -2.10. The highest BCUT2D eigenvalue weighted by atomic mass is 16.2. The van der Waals surface area contributed by atoms with E-state index >= 15 is 0 Å². The zero-order valence-electron chi connectivity index (χ0n) is 13.6. The molecule has 4 heteroatoms. The lowest BCUT2D eigenvalue weighted by Gasteiger charge is -2.07. The van der Waals surface area contributed by atoms with Crippen molar-refractivity contribution < 1.29 is 9.59 Å². The van der Waals surface area contributed by atoms with Crippen molar-refractivity contribution in [2.24, 2.45) is 23.0 Å². The number of nitrogens with two attached hydrogens (primary N) is 1. The molecule has 1 aliphatic rings. The van der Waals surface area contributed by atoms with Crippen molar-refractivity contribution in [2.75, 3.05) is 0 Å². The highest BCUT2D eigenvalue weighted by molar-refractivity contribution is 5.92. The maximum absolute atomic E-state index is 12.3. The normalized spacial score (nSPS) is 21.8. The van der Waals surface area contributed by atoms with Gasteiger partial charge < -0.3 is 11.1 Å². The van der Waals surface area contributed by atoms with E-state index in [0.29, 0.717) is 18.0 Å². The number of carbonyl (C=O) groups excluding carboxylic acids is 2. The van der Waals surface area contributed by atoms with Gasteiger partial charge in [0.1, 0.15) is 0 Å². The Morgan fingerprint density at radius 3 is 2.32 bits per heavy atom. The summed E-state index contributed by atoms with van der Waals surface area (Å²) in [7, 11) is 0. The first-order valence-corrected chi connectivity index (χ1v) is 7.55. The predicted octanol–water partition coefficient (Wildman–Crippen LogP) is 2.64. The van der Waals surface area contributed by atoms with Crippen LogP contribution >= 0.6 is 0 Å². The lowest BCUT2D eigenvalue weighted by molar-refractivity contribution is -0.123. The van der Waals surface area contributed by atoms with Gasteiger partial charge in [0, 0.05) is 12.1 Å². The molecule has 1 aromatic rings. The largest absolute Gasteiger partial charge is 0.366 e. The SMILES string of the molecule is CC(C)=C[C@@H]1[C@@H](C(=O)NCc2ccc(C(N)=O)cc2)C1(C)C. The maximum Gasteiger partial charge on any atom is 0.248 e. The van der Waals surface area contributed by atoms with Gasteiger partial charge in [0.25, 0.3) is 0 Å². The molecule has 0 saturated heterocycles. The molecule has 4 nitrogen and oxygen atoms in total. The molecule has 0 bridgehead atoms. The Balaban J connectivity index is 1.93. The minimum absolute atomic E-state index is 0.0250. The second kappa shape index (κ2) is 5.95. The molecule has 0 aromatic heterocycles. The Bertz CT molecular complexity index is 610. The van der Waals surface area contributed by atoms with Gasteiger partial charge in [-0.2, -0.15) is 0 Å². The molecule has 2 atom stereocenters. The first-order valence-electron chi connectivity index (χ1n) is 7.55. The average molecular weight is 300 g/mol. The third-order valence-corrected chi connectivity index (χ3v) is 4.41. The van der Waals surface area contributed by atoms with Crippen molar-refractivity contribution in [1.82, 2.24) is 5.32 Å². The number of hydrogen-bond donors (Lipinski definition) is 2. The smallest absolute Gasteiger partial charge is 0.248 e. The monoisotopic (exact) mass is 300 g/mol. The van der Waals surface area contributed by atoms with Crippen molar-refractivity contribution in [3.63, 3.8) is 0 Å². The van der Waals surface area contributed by atoms with E-state index in [9.17, 15) is 9.59 Å². The third kappa shape index (κ3) is 3.38. The number of rotatable bonds is 5. The van der Waals surface area contributed by atoms with Crippen LogP contribution in [-0.2, 0) is 11.3 Å². The molecule has 2 amide bonds. The minimum Gasteiger partial charge on any atom is -0.366 e. The van der Waals surface area contributed by atoms with Crippen LogP contribution in [0.2, 0.25) is 0 Å². The summed E-state index contributed by atoms with van der Waals surface area (Å²) >= 11 is 0. The van der Waals surface area contributed by atoms with Crippen LogP contribution in [0.4, 0.5) is 0 Å². The van der Waals surface area contributed by atoms with Crippen LogP contribution in [0.25, 0.3) is 0 Å². The van der Waals surface area contributed by atoms with Crippen LogP contribution in [0.15, 0.2) is 35.9 Å². The average Bonchev–Trinajstić information content (AvgIpc) is 2.96. The molecular weight excluding hydrogens is 276 g/mol. The zero-order valence-corrected chi connectivity index (χ0v) is 13.6. The van der Waals surface area contributed by atoms with Crippen LogP contribution in [0.5, 0.6) is 0 Å². The molecule has 2 rings (SSSR count). The first kappa shape index (κ1) is 16.3. The fourth-order valence-corrected chi connectivity index (χ4v) is 2.93. The van der Waals surface area contributed by atoms with Crippen molar-refractivity contribution in [2.45, 2.75) is 34.2 Å². The highest BCUT2D eigenvalue weighted by Crippen LogP contribution is 2.59. The summed E-state index contributed by atoms with van der Waals surface area (Å²) < 4.78 is 0. The molecule has 1 aliphatic carbocycles. The molecule has 1 fully saturated rings. The molecule has 0 unspecified atom stereocenters. The summed E-state index contributed by atoms with van der Waals surface area (Å²) in [5.41, 5.74) is 7.90. The molecule has 0 spiro atoms. The fourth-order valence-electron chi connectivity index (χ4n) is 2.93. The number of hydrogen-bond acceptors (Lipinski definition) is 2. The lowest BCUT2D eigenvalue weighted by Crippen LogP contribution is -2.26. The van der Waals surface area contributed by atoms with Crippen LogP contribution in [-0.4, -0.2) is 11.8 Å². The summed E-state index contributed by atoms with van der Waals surface area (Å²) in [5, 5.41) is 2.98. The molecule has 0 heterocycles. The number of benzene rings is 1. The van der Waals surface area contributed by atoms with Crippen LogP contribution in [0, 0.1) is 17.3 Å². The number of allylic oxidation sites excluding steroid dienone is 2. The number of amides is 2. The van der Waals surface area contributed by atoms with Gasteiger partial charge in [-0.25, -0.2) is 0 Å². The summed E-state index contributed by atoms with van der Waals surface area (Å²) in [4.78, 5) is 23.4. The van der Waals surface area contributed by atoms with E-state index in [0.717, 1.165) is 5.56 Å². The third-order valence-electron chi connectivity index (χ3n) is 4.41. The van der Waals surface area contributed by atoms with Crippen LogP contribution < -0.4 is 11.1 Å². The lowest BCUT2D eigenvalue weighted by atomic mass is 10.1. The molecular formula is C18H24N2O2. The molecule has 1 saturated carbocycles. The van der Waals surface area contributed by atoms with Crippen molar-refractivity contribution in [1.29, 1.82) is 0 Å². The van der Waals surface area contributed by atoms with E-state index in [1.807, 2.05) is 12.1 Å². The fraction of sp³-hybridized carbons (Fsp3) is 0.444. The van der Waals surface area contributed by atoms with E-state index in [1.54, 1.807) is 12.1 Å². The van der Waals surface area contributed by atoms with Gasteiger partial charge in [0.05, 0.1) is 5.92 Å². The van der Waals surface area contributed by atoms with E-state index in [1.165, 1.54) is 5.57 Å². The van der Waals surface area contributed by atoms with Gasteiger partial charge in [-0.05, 0) is 42.9 Å². The molecule has 0 radical (unpaired) electrons. The van der Waals surface area contributed by atoms with Crippen LogP contribution in [0.3, 0.4) is 0 Å². The minimum atomic E-state index is -0.445. The summed E-state index contributed by atoms with van der Waals surface area (Å²) in [6, 6.07) is 6.98. The predicted molar refractivity (Wildman–Crippen MR) is 87.0 cm³/mol. The first-order chi connectivity index (χ1) is 10.2. The molecule has 22 heavy (non-hydrogen) atoms. The van der Waals surface area contributed by atoms with E-state index in [2.05, 4.69) is 39.1 Å². The quantitative estimate of drug-likeness (QED) is 0.821. The number of nitrogens with one attached hydrogen (secondary N) is 1. The van der Waals surface area contributed by atoms with Gasteiger partial charge in [-0.1, -0.05) is 37.6 Å². The van der Waals surface area contributed by atoms with Gasteiger partial charge in [0.15, 0.2) is 0 Å². The second-order valence-electron chi connectivity index (χ2n) is 6.85. The van der Waals surface area contributed by atoms with Gasteiger partial charge in [-0.3, -0.25) is 9.59 Å². The Labute approximate surface area is 131 Å². The molecule has 0 aliphatic heterocycles. The van der Waals surface area contributed by atoms with Crippen molar-refractivity contribution in [3.05, 3.63) is 47.0 Å². The maximum atomic E-state index is 12.3. The van der Waals surface area contributed by atoms with E-state index < -0.39 is 5.91 Å². The molecule has 1 aromatic carbocycles. The summed E-state index contributed by atoms with van der Waals surface area (Å²) in [6.07, 6.45) is 2.19. The number of primary amides is 1. The summed E-state index contributed by atoms with van der Waals surface area (Å²) in [5.74, 6) is -0.00612. The topological polar surface area (TPSA) is 72.2 Å². The molecule has 118 valence electrons. The Kier molecular flexibility index (Phi) is 4.40. The van der Waals surface area contributed by atoms with Crippen molar-refractivity contribution in [3.8, 4) is 0 Å². The number of carbonyl (C=O) groups is 2. The van der Waals surface area contributed by atoms with Gasteiger partial charge in [0.2, 0.25) is 11.8 Å².